The van der Waals surface area contributed by atoms with E-state index in [0.29, 0.717) is 35.1 Å². The van der Waals surface area contributed by atoms with E-state index in [2.05, 4.69) is 37.0 Å². The van der Waals surface area contributed by atoms with Crippen molar-refractivity contribution >= 4 is 23.1 Å². The number of carbonyl (C=O) groups excluding carboxylic acids is 2. The van der Waals surface area contributed by atoms with Gasteiger partial charge in [0, 0.05) is 45.0 Å². The van der Waals surface area contributed by atoms with E-state index in [1.54, 1.807) is 16.6 Å². The van der Waals surface area contributed by atoms with Crippen LogP contribution in [0.5, 0.6) is 0 Å². The van der Waals surface area contributed by atoms with Crippen LogP contribution in [0.3, 0.4) is 0 Å². The van der Waals surface area contributed by atoms with Gasteiger partial charge in [-0.15, -0.1) is 0 Å². The van der Waals surface area contributed by atoms with Crippen LogP contribution in [-0.4, -0.2) is 106 Å². The van der Waals surface area contributed by atoms with E-state index in [-0.39, 0.29) is 24.2 Å². The molecule has 3 aromatic rings. The smallest absolute Gasteiger partial charge is 0.317 e. The zero-order valence-electron chi connectivity index (χ0n) is 24.7. The fourth-order valence-corrected chi connectivity index (χ4v) is 5.27. The van der Waals surface area contributed by atoms with Crippen molar-refractivity contribution in [2.45, 2.75) is 44.5 Å². The van der Waals surface area contributed by atoms with Crippen LogP contribution in [0.1, 0.15) is 42.6 Å². The number of aliphatic hydroxyl groups is 1. The molecule has 4 heterocycles. The molecule has 1 saturated carbocycles. The fraction of sp³-hybridized carbons (Fsp3) is 0.500. The zero-order valence-corrected chi connectivity index (χ0v) is 24.7. The summed E-state index contributed by atoms with van der Waals surface area (Å²) in [5, 5.41) is 32.6. The maximum Gasteiger partial charge on any atom is 0.317 e. The predicted molar refractivity (Wildman–Crippen MR) is 159 cm³/mol. The minimum Gasteiger partial charge on any atom is -0.387 e. The van der Waals surface area contributed by atoms with E-state index in [0.717, 1.165) is 44.5 Å². The highest BCUT2D eigenvalue weighted by molar-refractivity contribution is 6.00. The van der Waals surface area contributed by atoms with Crippen molar-refractivity contribution in [2.75, 3.05) is 51.6 Å². The highest BCUT2D eigenvalue weighted by Crippen LogP contribution is 2.32. The lowest BCUT2D eigenvalue weighted by molar-refractivity contribution is -0.00177. The third-order valence-corrected chi connectivity index (χ3v) is 8.18. The summed E-state index contributed by atoms with van der Waals surface area (Å²) in [6.07, 6.45) is 2.88. The van der Waals surface area contributed by atoms with Crippen molar-refractivity contribution < 1.29 is 19.1 Å². The number of piperazine rings is 1. The van der Waals surface area contributed by atoms with Crippen LogP contribution in [0.2, 0.25) is 0 Å². The third-order valence-electron chi connectivity index (χ3n) is 8.18. The van der Waals surface area contributed by atoms with Crippen LogP contribution in [-0.2, 0) is 0 Å². The van der Waals surface area contributed by atoms with Crippen LogP contribution < -0.4 is 16.0 Å². The summed E-state index contributed by atoms with van der Waals surface area (Å²) in [6.45, 7) is 6.11. The second kappa shape index (κ2) is 12.5. The molecule has 1 aliphatic carbocycles. The molecule has 43 heavy (non-hydrogen) atoms. The van der Waals surface area contributed by atoms with Gasteiger partial charge in [0.15, 0.2) is 0 Å². The molecule has 1 atom stereocenters. The third kappa shape index (κ3) is 7.03. The average molecular weight is 592 g/mol. The Labute approximate surface area is 249 Å². The van der Waals surface area contributed by atoms with E-state index in [9.17, 15) is 24.3 Å². The highest BCUT2D eigenvalue weighted by atomic mass is 19.1. The van der Waals surface area contributed by atoms with Crippen LogP contribution in [0, 0.1) is 17.2 Å². The molecule has 0 unspecified atom stereocenters. The lowest BCUT2D eigenvalue weighted by atomic mass is 9.80. The van der Waals surface area contributed by atoms with Gasteiger partial charge in [-0.3, -0.25) is 9.78 Å². The number of rotatable bonds is 9. The first-order chi connectivity index (χ1) is 20.5. The Morgan fingerprint density at radius 2 is 1.91 bits per heavy atom. The molecular formula is C30H38FN9O3. The van der Waals surface area contributed by atoms with Crippen molar-refractivity contribution in [1.29, 1.82) is 5.26 Å². The minimum atomic E-state index is -1.65. The second-order valence-electron chi connectivity index (χ2n) is 12.0. The predicted octanol–water partition coefficient (Wildman–Crippen LogP) is 2.25. The standard InChI is InChI=1S/C30H38FN9O3/c1-30(2,43)27(31)18-34-28(41)23-17-33-25(26-5-4-22-12-20(14-32)16-36-40(22)26)13-24(23)37-21-10-19(11-21)15-35-29(42)39-8-6-38(3)7-9-39/h4-5,12-13,16-17,19,21,27,43H,6-11,15,18H2,1-3H3,(H,33,37)(H,34,41)(H,35,42)/t19?,21?,27-/m1/s1. The minimum absolute atomic E-state index is 0.0330. The summed E-state index contributed by atoms with van der Waals surface area (Å²) in [7, 11) is 2.05. The van der Waals surface area contributed by atoms with Crippen LogP contribution in [0.15, 0.2) is 36.7 Å². The lowest BCUT2D eigenvalue weighted by Gasteiger charge is -2.38. The van der Waals surface area contributed by atoms with Gasteiger partial charge in [-0.05, 0) is 63.9 Å². The van der Waals surface area contributed by atoms with Crippen LogP contribution in [0.25, 0.3) is 16.9 Å². The summed E-state index contributed by atoms with van der Waals surface area (Å²) in [5.41, 5.74) is 1.61. The number of hydrogen-bond acceptors (Lipinski definition) is 8. The van der Waals surface area contributed by atoms with Gasteiger partial charge in [0.2, 0.25) is 0 Å². The molecule has 3 aromatic heterocycles. The summed E-state index contributed by atoms with van der Waals surface area (Å²) in [6, 6.07) is 9.29. The number of anilines is 1. The first-order valence-corrected chi connectivity index (χ1v) is 14.5. The Kier molecular flexibility index (Phi) is 8.79. The quantitative estimate of drug-likeness (QED) is 0.296. The number of amides is 3. The average Bonchev–Trinajstić information content (AvgIpc) is 3.39. The first kappa shape index (κ1) is 30.2. The van der Waals surface area contributed by atoms with Gasteiger partial charge in [0.25, 0.3) is 5.91 Å². The van der Waals surface area contributed by atoms with Crippen molar-refractivity contribution in [3.05, 3.63) is 47.8 Å². The van der Waals surface area contributed by atoms with Gasteiger partial charge < -0.3 is 30.9 Å². The molecule has 13 heteroatoms. The molecule has 1 saturated heterocycles. The largest absolute Gasteiger partial charge is 0.387 e. The van der Waals surface area contributed by atoms with E-state index in [4.69, 9.17) is 0 Å². The van der Waals surface area contributed by atoms with Gasteiger partial charge in [0.1, 0.15) is 12.2 Å². The number of aromatic nitrogens is 3. The van der Waals surface area contributed by atoms with Crippen molar-refractivity contribution in [3.8, 4) is 17.5 Å². The number of alkyl halides is 1. The summed E-state index contributed by atoms with van der Waals surface area (Å²) in [5.74, 6) is -0.208. The second-order valence-corrected chi connectivity index (χ2v) is 12.0. The van der Waals surface area contributed by atoms with Gasteiger partial charge in [-0.25, -0.2) is 13.7 Å². The highest BCUT2D eigenvalue weighted by Gasteiger charge is 2.32. The van der Waals surface area contributed by atoms with Gasteiger partial charge >= 0.3 is 6.03 Å². The van der Waals surface area contributed by atoms with E-state index in [1.165, 1.54) is 26.2 Å². The van der Waals surface area contributed by atoms with Gasteiger partial charge in [0.05, 0.1) is 52.1 Å². The number of urea groups is 1. The van der Waals surface area contributed by atoms with Crippen molar-refractivity contribution in [1.82, 2.24) is 35.0 Å². The molecule has 5 rings (SSSR count). The summed E-state index contributed by atoms with van der Waals surface area (Å²) in [4.78, 5) is 34.3. The SMILES string of the molecule is CN1CCN(C(=O)NCC2CC(Nc3cc(-c4ccc5cc(C#N)cnn45)ncc3C(=O)NC[C@@H](F)C(C)(C)O)C2)CC1. The van der Waals surface area contributed by atoms with Crippen molar-refractivity contribution in [2.24, 2.45) is 5.92 Å². The van der Waals surface area contributed by atoms with E-state index in [1.807, 2.05) is 24.1 Å². The number of likely N-dealkylation sites (N-methyl/N-ethyl adjacent to an activating group) is 1. The fourth-order valence-electron chi connectivity index (χ4n) is 5.27. The molecule has 12 nitrogen and oxygen atoms in total. The normalized spacial score (nSPS) is 19.8. The van der Waals surface area contributed by atoms with Crippen LogP contribution >= 0.6 is 0 Å². The number of carbonyl (C=O) groups is 2. The molecule has 1 aliphatic heterocycles. The zero-order chi connectivity index (χ0) is 30.7. The van der Waals surface area contributed by atoms with E-state index >= 15 is 0 Å². The van der Waals surface area contributed by atoms with E-state index < -0.39 is 17.7 Å². The van der Waals surface area contributed by atoms with Crippen molar-refractivity contribution in [3.63, 3.8) is 0 Å². The topological polar surface area (TPSA) is 151 Å². The number of nitriles is 1. The first-order valence-electron chi connectivity index (χ1n) is 14.5. The molecule has 3 amide bonds. The monoisotopic (exact) mass is 591 g/mol. The molecular weight excluding hydrogens is 553 g/mol. The number of hydrogen-bond donors (Lipinski definition) is 4. The number of nitrogens with zero attached hydrogens (tertiary/aromatic N) is 6. The van der Waals surface area contributed by atoms with Gasteiger partial charge in [-0.2, -0.15) is 10.4 Å². The molecule has 0 aromatic carbocycles. The Morgan fingerprint density at radius 3 is 2.60 bits per heavy atom. The molecule has 2 fully saturated rings. The Morgan fingerprint density at radius 1 is 1.16 bits per heavy atom. The maximum atomic E-state index is 14.4. The summed E-state index contributed by atoms with van der Waals surface area (Å²) < 4.78 is 16.0. The van der Waals surface area contributed by atoms with Gasteiger partial charge in [-0.1, -0.05) is 0 Å². The Hall–Kier alpha value is -4.28. The maximum absolute atomic E-state index is 14.4. The molecule has 228 valence electrons. The number of halogens is 1. The lowest BCUT2D eigenvalue weighted by Crippen LogP contribution is -2.52. The Bertz CT molecular complexity index is 1520. The Balaban J connectivity index is 1.28. The van der Waals surface area contributed by atoms with Crippen LogP contribution in [0.4, 0.5) is 14.9 Å². The number of fused-ring (bicyclic) bond motifs is 1. The molecule has 0 spiro atoms. The molecule has 4 N–H and O–H groups in total. The number of nitrogens with one attached hydrogen (secondary N) is 3. The summed E-state index contributed by atoms with van der Waals surface area (Å²) >= 11 is 0. The molecule has 0 radical (unpaired) electrons. The number of pyridine rings is 1. The molecule has 0 bridgehead atoms. The molecule has 2 aliphatic rings.